The third kappa shape index (κ3) is 2.94. The molecule has 2 rings (SSSR count). The first-order valence-electron chi connectivity index (χ1n) is 5.96. The fourth-order valence-corrected chi connectivity index (χ4v) is 1.98. The highest BCUT2D eigenvalue weighted by Crippen LogP contribution is 2.26. The van der Waals surface area contributed by atoms with Crippen LogP contribution in [0.2, 0.25) is 0 Å². The van der Waals surface area contributed by atoms with Gasteiger partial charge in [0.05, 0.1) is 0 Å². The normalized spacial score (nSPS) is 17.1. The molecule has 0 N–H and O–H groups in total. The molecule has 0 aromatic heterocycles. The highest BCUT2D eigenvalue weighted by atomic mass is 19.1. The minimum absolute atomic E-state index is 0.179. The predicted octanol–water partition coefficient (Wildman–Crippen LogP) is 4.76. The molecular weight excluding hydrogens is 211 g/mol. The van der Waals surface area contributed by atoms with Crippen LogP contribution in [0.25, 0.3) is 0 Å². The van der Waals surface area contributed by atoms with E-state index in [0.29, 0.717) is 5.92 Å². The van der Waals surface area contributed by atoms with Gasteiger partial charge in [0, 0.05) is 5.92 Å². The van der Waals surface area contributed by atoms with E-state index in [2.05, 4.69) is 38.2 Å². The molecule has 88 valence electrons. The second-order valence-electron chi connectivity index (χ2n) is 4.56. The number of benzene rings is 1. The van der Waals surface area contributed by atoms with Gasteiger partial charge < -0.3 is 0 Å². The third-order valence-corrected chi connectivity index (χ3v) is 3.18. The summed E-state index contributed by atoms with van der Waals surface area (Å²) in [4.78, 5) is 0. The molecular formula is C16H17F. The summed E-state index contributed by atoms with van der Waals surface area (Å²) in [5, 5.41) is 0. The van der Waals surface area contributed by atoms with Gasteiger partial charge >= 0.3 is 0 Å². The van der Waals surface area contributed by atoms with E-state index in [0.717, 1.165) is 12.0 Å². The highest BCUT2D eigenvalue weighted by molar-refractivity contribution is 5.39. The van der Waals surface area contributed by atoms with Crippen molar-refractivity contribution in [3.05, 3.63) is 71.1 Å². The smallest absolute Gasteiger partial charge is 0.123 e. The molecule has 0 radical (unpaired) electrons. The van der Waals surface area contributed by atoms with Crippen LogP contribution in [0.15, 0.2) is 59.7 Å². The maximum Gasteiger partial charge on any atom is 0.123 e. The molecule has 0 aliphatic heterocycles. The average molecular weight is 228 g/mol. The predicted molar refractivity (Wildman–Crippen MR) is 70.4 cm³/mol. The lowest BCUT2D eigenvalue weighted by atomic mass is 9.92. The number of halogens is 1. The van der Waals surface area contributed by atoms with Crippen LogP contribution in [0.3, 0.4) is 0 Å². The van der Waals surface area contributed by atoms with Gasteiger partial charge in [0.2, 0.25) is 0 Å². The first-order chi connectivity index (χ1) is 8.16. The molecule has 1 aliphatic carbocycles. The van der Waals surface area contributed by atoms with Crippen molar-refractivity contribution in [1.29, 1.82) is 0 Å². The topological polar surface area (TPSA) is 0 Å². The van der Waals surface area contributed by atoms with Gasteiger partial charge in [0.25, 0.3) is 0 Å². The maximum absolute atomic E-state index is 12.9. The van der Waals surface area contributed by atoms with Crippen LogP contribution in [-0.2, 0) is 0 Å². The van der Waals surface area contributed by atoms with Crippen molar-refractivity contribution in [2.75, 3.05) is 0 Å². The van der Waals surface area contributed by atoms with Gasteiger partial charge in [-0.25, -0.2) is 4.39 Å². The monoisotopic (exact) mass is 228 g/mol. The summed E-state index contributed by atoms with van der Waals surface area (Å²) in [5.74, 6) is 0.121. The molecule has 1 unspecified atom stereocenters. The standard InChI is InChI=1S/C16H17F/c1-12-4-3-5-14(7-6-12)13(2)15-8-10-16(17)11-9-15/h3,5-11,13H,4H2,1-2H3. The van der Waals surface area contributed by atoms with Gasteiger partial charge in [-0.3, -0.25) is 0 Å². The SMILES string of the molecule is CC1=CC=C(C(C)c2ccc(F)cc2)C=CC1. The lowest BCUT2D eigenvalue weighted by molar-refractivity contribution is 0.626. The van der Waals surface area contributed by atoms with Crippen molar-refractivity contribution in [1.82, 2.24) is 0 Å². The molecule has 1 heteroatoms. The molecule has 1 aromatic rings. The largest absolute Gasteiger partial charge is 0.207 e. The van der Waals surface area contributed by atoms with E-state index in [4.69, 9.17) is 0 Å². The molecule has 17 heavy (non-hydrogen) atoms. The van der Waals surface area contributed by atoms with Gasteiger partial charge in [-0.1, -0.05) is 48.9 Å². The van der Waals surface area contributed by atoms with Crippen LogP contribution >= 0.6 is 0 Å². The molecule has 0 nitrogen and oxygen atoms in total. The van der Waals surface area contributed by atoms with E-state index in [-0.39, 0.29) is 5.82 Å². The van der Waals surface area contributed by atoms with Gasteiger partial charge in [0.1, 0.15) is 5.82 Å². The molecule has 0 fully saturated rings. The zero-order valence-electron chi connectivity index (χ0n) is 10.3. The number of allylic oxidation sites excluding steroid dienone is 6. The van der Waals surface area contributed by atoms with E-state index in [1.165, 1.54) is 23.3 Å². The summed E-state index contributed by atoms with van der Waals surface area (Å²) in [6.07, 6.45) is 9.68. The Morgan fingerprint density at radius 3 is 2.53 bits per heavy atom. The Morgan fingerprint density at radius 2 is 1.82 bits per heavy atom. The Morgan fingerprint density at radius 1 is 1.12 bits per heavy atom. The highest BCUT2D eigenvalue weighted by Gasteiger charge is 2.09. The summed E-state index contributed by atoms with van der Waals surface area (Å²) in [6.45, 7) is 4.28. The van der Waals surface area contributed by atoms with Crippen molar-refractivity contribution in [2.24, 2.45) is 0 Å². The second-order valence-corrected chi connectivity index (χ2v) is 4.56. The zero-order chi connectivity index (χ0) is 12.3. The first kappa shape index (κ1) is 11.8. The zero-order valence-corrected chi connectivity index (χ0v) is 10.3. The van der Waals surface area contributed by atoms with Gasteiger partial charge in [-0.05, 0) is 36.6 Å². The third-order valence-electron chi connectivity index (χ3n) is 3.18. The van der Waals surface area contributed by atoms with E-state index < -0.39 is 0 Å². The van der Waals surface area contributed by atoms with Crippen molar-refractivity contribution < 1.29 is 4.39 Å². The van der Waals surface area contributed by atoms with Gasteiger partial charge in [-0.15, -0.1) is 0 Å². The lowest BCUT2D eigenvalue weighted by Gasteiger charge is -2.12. The molecule has 0 saturated carbocycles. The quantitative estimate of drug-likeness (QED) is 0.684. The summed E-state index contributed by atoms with van der Waals surface area (Å²) in [7, 11) is 0. The van der Waals surface area contributed by atoms with Crippen molar-refractivity contribution in [3.8, 4) is 0 Å². The Balaban J connectivity index is 2.25. The summed E-state index contributed by atoms with van der Waals surface area (Å²) in [6, 6.07) is 6.76. The minimum Gasteiger partial charge on any atom is -0.207 e. The fourth-order valence-electron chi connectivity index (χ4n) is 1.98. The van der Waals surface area contributed by atoms with Crippen molar-refractivity contribution in [2.45, 2.75) is 26.2 Å². The van der Waals surface area contributed by atoms with E-state index in [1.807, 2.05) is 12.1 Å². The Labute approximate surface area is 102 Å². The molecule has 1 atom stereocenters. The second kappa shape index (κ2) is 5.13. The van der Waals surface area contributed by atoms with Gasteiger partial charge in [-0.2, -0.15) is 0 Å². The number of hydrogen-bond acceptors (Lipinski definition) is 0. The van der Waals surface area contributed by atoms with Crippen LogP contribution in [-0.4, -0.2) is 0 Å². The van der Waals surface area contributed by atoms with E-state index in [1.54, 1.807) is 0 Å². The molecule has 1 aliphatic rings. The van der Waals surface area contributed by atoms with Crippen molar-refractivity contribution >= 4 is 0 Å². The fraction of sp³-hybridized carbons (Fsp3) is 0.250. The number of hydrogen-bond donors (Lipinski definition) is 0. The molecule has 0 heterocycles. The van der Waals surface area contributed by atoms with Crippen LogP contribution in [0.4, 0.5) is 4.39 Å². The average Bonchev–Trinajstić information content (AvgIpc) is 2.54. The van der Waals surface area contributed by atoms with Crippen LogP contribution in [0.1, 0.15) is 31.7 Å². The molecule has 1 aromatic carbocycles. The molecule has 0 spiro atoms. The van der Waals surface area contributed by atoms with E-state index >= 15 is 0 Å². The van der Waals surface area contributed by atoms with Crippen molar-refractivity contribution in [3.63, 3.8) is 0 Å². The Bertz CT molecular complexity index is 475. The van der Waals surface area contributed by atoms with Crippen LogP contribution in [0.5, 0.6) is 0 Å². The summed E-state index contributed by atoms with van der Waals surface area (Å²) in [5.41, 5.74) is 3.78. The number of rotatable bonds is 2. The Hall–Kier alpha value is -1.63. The van der Waals surface area contributed by atoms with Gasteiger partial charge in [0.15, 0.2) is 0 Å². The minimum atomic E-state index is -0.179. The van der Waals surface area contributed by atoms with Crippen LogP contribution < -0.4 is 0 Å². The van der Waals surface area contributed by atoms with Crippen LogP contribution in [0, 0.1) is 5.82 Å². The molecule has 0 bridgehead atoms. The molecule has 0 saturated heterocycles. The first-order valence-corrected chi connectivity index (χ1v) is 5.96. The maximum atomic E-state index is 12.9. The summed E-state index contributed by atoms with van der Waals surface area (Å²) < 4.78 is 12.9. The Kier molecular flexibility index (Phi) is 3.58. The molecule has 0 amide bonds. The lowest BCUT2D eigenvalue weighted by Crippen LogP contribution is -1.96. The summed E-state index contributed by atoms with van der Waals surface area (Å²) >= 11 is 0. The van der Waals surface area contributed by atoms with E-state index in [9.17, 15) is 4.39 Å².